The van der Waals surface area contributed by atoms with Gasteiger partial charge in [-0.1, -0.05) is 30.9 Å². The van der Waals surface area contributed by atoms with E-state index in [1.165, 1.54) is 16.7 Å². The van der Waals surface area contributed by atoms with E-state index >= 15 is 0 Å². The van der Waals surface area contributed by atoms with Crippen molar-refractivity contribution in [2.24, 2.45) is 0 Å². The fourth-order valence-corrected chi connectivity index (χ4v) is 2.55. The Morgan fingerprint density at radius 1 is 1.27 bits per heavy atom. The van der Waals surface area contributed by atoms with Crippen molar-refractivity contribution < 1.29 is 4.79 Å². The summed E-state index contributed by atoms with van der Waals surface area (Å²) in [6, 6.07) is 4.08. The number of hydrogen-bond donors (Lipinski definition) is 2. The molecule has 1 rings (SSSR count). The lowest BCUT2D eigenvalue weighted by molar-refractivity contribution is -0.116. The number of nitrogens with one attached hydrogen (secondary N) is 1. The zero-order chi connectivity index (χ0) is 16.7. The quantitative estimate of drug-likeness (QED) is 0.470. The second-order valence-corrected chi connectivity index (χ2v) is 5.51. The summed E-state index contributed by atoms with van der Waals surface area (Å²) in [5, 5.41) is 2.61. The maximum atomic E-state index is 11.7. The van der Waals surface area contributed by atoms with Gasteiger partial charge < -0.3 is 5.32 Å². The van der Waals surface area contributed by atoms with Crippen LogP contribution in [0.3, 0.4) is 0 Å². The standard InChI is InChI=1S/C19H23NOS/c1-6-15(12-16(7-2)19(21)20-5)8-9-18-13(3)10-17(22)11-14(18)4/h6-12,22H,2H2,1,3-5H3,(H,20,21)/b9-8+,15-6-,16-12+. The SMILES string of the molecule is C=C\C(=C/C(=C\C)/C=C/c1c(C)cc(S)cc1C)C(=O)NC. The first kappa shape index (κ1) is 18.1. The van der Waals surface area contributed by atoms with Gasteiger partial charge in [0.15, 0.2) is 0 Å². The summed E-state index contributed by atoms with van der Waals surface area (Å²) in [4.78, 5) is 12.7. The van der Waals surface area contributed by atoms with Crippen molar-refractivity contribution in [1.82, 2.24) is 5.32 Å². The van der Waals surface area contributed by atoms with Crippen molar-refractivity contribution in [1.29, 1.82) is 0 Å². The van der Waals surface area contributed by atoms with Gasteiger partial charge in [0.2, 0.25) is 0 Å². The van der Waals surface area contributed by atoms with Crippen molar-refractivity contribution in [2.45, 2.75) is 25.7 Å². The number of aryl methyl sites for hydroxylation is 2. The van der Waals surface area contributed by atoms with Crippen molar-refractivity contribution in [3.63, 3.8) is 0 Å². The first-order valence-electron chi connectivity index (χ1n) is 7.13. The van der Waals surface area contributed by atoms with Crippen LogP contribution in [0.2, 0.25) is 0 Å². The molecule has 1 N–H and O–H groups in total. The van der Waals surface area contributed by atoms with Gasteiger partial charge in [0.25, 0.3) is 5.91 Å². The fraction of sp³-hybridized carbons (Fsp3) is 0.211. The van der Waals surface area contributed by atoms with Crippen LogP contribution in [-0.4, -0.2) is 13.0 Å². The van der Waals surface area contributed by atoms with E-state index in [1.54, 1.807) is 13.1 Å². The number of hydrogen-bond acceptors (Lipinski definition) is 2. The first-order valence-corrected chi connectivity index (χ1v) is 7.58. The zero-order valence-corrected chi connectivity index (χ0v) is 14.5. The summed E-state index contributed by atoms with van der Waals surface area (Å²) < 4.78 is 0. The Morgan fingerprint density at radius 3 is 2.32 bits per heavy atom. The highest BCUT2D eigenvalue weighted by atomic mass is 32.1. The van der Waals surface area contributed by atoms with E-state index in [1.807, 2.05) is 37.3 Å². The van der Waals surface area contributed by atoms with Crippen molar-refractivity contribution >= 4 is 24.6 Å². The van der Waals surface area contributed by atoms with Gasteiger partial charge in [0, 0.05) is 17.5 Å². The minimum Gasteiger partial charge on any atom is -0.355 e. The van der Waals surface area contributed by atoms with Crippen LogP contribution >= 0.6 is 12.6 Å². The smallest absolute Gasteiger partial charge is 0.251 e. The van der Waals surface area contributed by atoms with Crippen molar-refractivity contribution in [2.75, 3.05) is 7.05 Å². The summed E-state index contributed by atoms with van der Waals surface area (Å²) >= 11 is 4.39. The number of carbonyl (C=O) groups excluding carboxylic acids is 1. The Kier molecular flexibility index (Phi) is 6.93. The first-order chi connectivity index (χ1) is 10.4. The monoisotopic (exact) mass is 313 g/mol. The van der Waals surface area contributed by atoms with Crippen molar-refractivity contribution in [3.05, 3.63) is 70.9 Å². The Bertz CT molecular complexity index is 643. The van der Waals surface area contributed by atoms with Gasteiger partial charge in [-0.05, 0) is 61.2 Å². The van der Waals surface area contributed by atoms with Crippen LogP contribution < -0.4 is 5.32 Å². The van der Waals surface area contributed by atoms with Crippen LogP contribution in [0.15, 0.2) is 59.1 Å². The van der Waals surface area contributed by atoms with E-state index in [0.717, 1.165) is 10.5 Å². The zero-order valence-electron chi connectivity index (χ0n) is 13.6. The van der Waals surface area contributed by atoms with Gasteiger partial charge in [-0.15, -0.1) is 12.6 Å². The summed E-state index contributed by atoms with van der Waals surface area (Å²) in [7, 11) is 1.61. The largest absolute Gasteiger partial charge is 0.355 e. The molecule has 1 aromatic rings. The van der Waals surface area contributed by atoms with Crippen LogP contribution in [0.4, 0.5) is 0 Å². The van der Waals surface area contributed by atoms with Gasteiger partial charge in [0.05, 0.1) is 0 Å². The minimum atomic E-state index is -0.144. The summed E-state index contributed by atoms with van der Waals surface area (Å²) in [5.74, 6) is -0.144. The Morgan fingerprint density at radius 2 is 1.86 bits per heavy atom. The molecule has 0 aliphatic carbocycles. The third-order valence-corrected chi connectivity index (χ3v) is 3.64. The molecule has 2 nitrogen and oxygen atoms in total. The molecule has 0 aliphatic heterocycles. The molecule has 1 aromatic carbocycles. The third kappa shape index (κ3) is 4.78. The average molecular weight is 313 g/mol. The molecule has 0 spiro atoms. The molecule has 0 saturated carbocycles. The molecule has 3 heteroatoms. The second kappa shape index (κ2) is 8.44. The molecule has 0 saturated heterocycles. The Labute approximate surface area is 138 Å². The molecule has 0 fully saturated rings. The highest BCUT2D eigenvalue weighted by Crippen LogP contribution is 2.21. The maximum absolute atomic E-state index is 11.7. The number of amides is 1. The molecule has 0 aromatic heterocycles. The van der Waals surface area contributed by atoms with Crippen molar-refractivity contribution in [3.8, 4) is 0 Å². The lowest BCUT2D eigenvalue weighted by Crippen LogP contribution is -2.19. The van der Waals surface area contributed by atoms with E-state index < -0.39 is 0 Å². The number of likely N-dealkylation sites (N-methyl/N-ethyl adjacent to an activating group) is 1. The predicted molar refractivity (Wildman–Crippen MR) is 98.3 cm³/mol. The maximum Gasteiger partial charge on any atom is 0.251 e. The van der Waals surface area contributed by atoms with Gasteiger partial charge >= 0.3 is 0 Å². The number of benzene rings is 1. The summed E-state index contributed by atoms with van der Waals surface area (Å²) in [6.07, 6.45) is 9.40. The molecular formula is C19H23NOS. The molecule has 22 heavy (non-hydrogen) atoms. The average Bonchev–Trinajstić information content (AvgIpc) is 2.48. The highest BCUT2D eigenvalue weighted by Gasteiger charge is 2.04. The van der Waals surface area contributed by atoms with E-state index in [2.05, 4.69) is 44.4 Å². The third-order valence-electron chi connectivity index (χ3n) is 3.39. The number of carbonyl (C=O) groups is 1. The van der Waals surface area contributed by atoms with E-state index in [-0.39, 0.29) is 5.91 Å². The van der Waals surface area contributed by atoms with Gasteiger partial charge in [-0.25, -0.2) is 0 Å². The molecule has 1 amide bonds. The Balaban J connectivity index is 3.13. The fourth-order valence-electron chi connectivity index (χ4n) is 2.16. The normalized spacial score (nSPS) is 12.6. The van der Waals surface area contributed by atoms with Gasteiger partial charge in [0.1, 0.15) is 0 Å². The topological polar surface area (TPSA) is 29.1 Å². The Hall–Kier alpha value is -2.00. The molecule has 0 unspecified atom stereocenters. The predicted octanol–water partition coefficient (Wildman–Crippen LogP) is 4.41. The lowest BCUT2D eigenvalue weighted by Gasteiger charge is -2.07. The van der Waals surface area contributed by atoms with Crippen LogP contribution in [0.5, 0.6) is 0 Å². The summed E-state index contributed by atoms with van der Waals surface area (Å²) in [6.45, 7) is 9.76. The minimum absolute atomic E-state index is 0.144. The molecule has 0 bridgehead atoms. The molecule has 0 atom stereocenters. The lowest BCUT2D eigenvalue weighted by atomic mass is 10.0. The van der Waals surface area contributed by atoms with E-state index in [4.69, 9.17) is 0 Å². The number of allylic oxidation sites excluding steroid dienone is 4. The molecule has 0 radical (unpaired) electrons. The van der Waals surface area contributed by atoms with Crippen LogP contribution in [-0.2, 0) is 4.79 Å². The highest BCUT2D eigenvalue weighted by molar-refractivity contribution is 7.80. The molecule has 116 valence electrons. The van der Waals surface area contributed by atoms with Crippen LogP contribution in [0.25, 0.3) is 6.08 Å². The number of thiol groups is 1. The van der Waals surface area contributed by atoms with E-state index in [0.29, 0.717) is 5.57 Å². The molecular weight excluding hydrogens is 290 g/mol. The van der Waals surface area contributed by atoms with Crippen LogP contribution in [0, 0.1) is 13.8 Å². The number of rotatable bonds is 5. The second-order valence-electron chi connectivity index (χ2n) is 5.00. The van der Waals surface area contributed by atoms with E-state index in [9.17, 15) is 4.79 Å². The molecule has 0 heterocycles. The summed E-state index contributed by atoms with van der Waals surface area (Å²) in [5.41, 5.74) is 5.02. The van der Waals surface area contributed by atoms with Gasteiger partial charge in [-0.2, -0.15) is 0 Å². The molecule has 0 aliphatic rings. The van der Waals surface area contributed by atoms with Gasteiger partial charge in [-0.3, -0.25) is 4.79 Å². The van der Waals surface area contributed by atoms with Crippen LogP contribution in [0.1, 0.15) is 23.6 Å².